The molecular formula is C10H16O4. The summed E-state index contributed by atoms with van der Waals surface area (Å²) in [5, 5.41) is 0. The summed E-state index contributed by atoms with van der Waals surface area (Å²) in [4.78, 5) is 23.0. The molecule has 0 bridgehead atoms. The maximum absolute atomic E-state index is 11.5. The topological polar surface area (TPSA) is 52.6 Å². The Labute approximate surface area is 83.6 Å². The summed E-state index contributed by atoms with van der Waals surface area (Å²) in [6, 6.07) is 0. The molecule has 1 heterocycles. The standard InChI is InChI=1S/C10H16O4/c1-5-6(2)7-8(11)13-10(3,4)14-9(7)12/h6-7H,5H2,1-4H3. The minimum absolute atomic E-state index is 0.0360. The van der Waals surface area contributed by atoms with E-state index < -0.39 is 23.6 Å². The van der Waals surface area contributed by atoms with Gasteiger partial charge in [-0.25, -0.2) is 0 Å². The zero-order chi connectivity index (χ0) is 10.9. The van der Waals surface area contributed by atoms with Gasteiger partial charge in [-0.1, -0.05) is 20.3 Å². The van der Waals surface area contributed by atoms with Crippen LogP contribution in [0.15, 0.2) is 0 Å². The van der Waals surface area contributed by atoms with Crippen molar-refractivity contribution in [3.8, 4) is 0 Å². The Kier molecular flexibility index (Phi) is 2.83. The SMILES string of the molecule is CCC(C)C1C(=O)OC(C)(C)OC1=O. The zero-order valence-electron chi connectivity index (χ0n) is 8.99. The third kappa shape index (κ3) is 2.05. The fourth-order valence-electron chi connectivity index (χ4n) is 1.43. The van der Waals surface area contributed by atoms with Gasteiger partial charge in [-0.2, -0.15) is 0 Å². The van der Waals surface area contributed by atoms with Gasteiger partial charge >= 0.3 is 11.9 Å². The first kappa shape index (κ1) is 11.0. The summed E-state index contributed by atoms with van der Waals surface area (Å²) in [6.07, 6.45) is 0.745. The van der Waals surface area contributed by atoms with E-state index in [1.807, 2.05) is 13.8 Å². The van der Waals surface area contributed by atoms with Crippen molar-refractivity contribution in [3.63, 3.8) is 0 Å². The van der Waals surface area contributed by atoms with Crippen LogP contribution in [0.4, 0.5) is 0 Å². The minimum Gasteiger partial charge on any atom is -0.422 e. The molecule has 0 amide bonds. The maximum Gasteiger partial charge on any atom is 0.323 e. The number of rotatable bonds is 2. The van der Waals surface area contributed by atoms with E-state index >= 15 is 0 Å². The Bertz CT molecular complexity index is 237. The monoisotopic (exact) mass is 200 g/mol. The quantitative estimate of drug-likeness (QED) is 0.500. The molecule has 1 atom stereocenters. The largest absolute Gasteiger partial charge is 0.422 e. The first-order valence-corrected chi connectivity index (χ1v) is 4.83. The predicted molar refractivity (Wildman–Crippen MR) is 49.2 cm³/mol. The van der Waals surface area contributed by atoms with Crippen molar-refractivity contribution in [2.75, 3.05) is 0 Å². The number of hydrogen-bond acceptors (Lipinski definition) is 4. The van der Waals surface area contributed by atoms with Crippen molar-refractivity contribution in [1.29, 1.82) is 0 Å². The molecule has 4 heteroatoms. The van der Waals surface area contributed by atoms with Crippen molar-refractivity contribution < 1.29 is 19.1 Å². The third-order valence-electron chi connectivity index (χ3n) is 2.41. The Balaban J connectivity index is 2.81. The Morgan fingerprint density at radius 3 is 2.07 bits per heavy atom. The van der Waals surface area contributed by atoms with E-state index in [1.165, 1.54) is 0 Å². The van der Waals surface area contributed by atoms with E-state index in [9.17, 15) is 9.59 Å². The van der Waals surface area contributed by atoms with E-state index in [-0.39, 0.29) is 5.92 Å². The number of carbonyl (C=O) groups is 2. The highest BCUT2D eigenvalue weighted by Crippen LogP contribution is 2.28. The molecule has 0 aromatic rings. The van der Waals surface area contributed by atoms with Gasteiger partial charge in [0, 0.05) is 13.8 Å². The van der Waals surface area contributed by atoms with Crippen molar-refractivity contribution >= 4 is 11.9 Å². The normalized spacial score (nSPS) is 24.0. The van der Waals surface area contributed by atoms with Crippen LogP contribution >= 0.6 is 0 Å². The molecule has 1 aliphatic rings. The molecule has 0 saturated carbocycles. The molecule has 1 rings (SSSR count). The van der Waals surface area contributed by atoms with Gasteiger partial charge in [0.05, 0.1) is 0 Å². The van der Waals surface area contributed by atoms with Crippen LogP contribution in [0.25, 0.3) is 0 Å². The highest BCUT2D eigenvalue weighted by molar-refractivity contribution is 5.96. The second-order valence-corrected chi connectivity index (χ2v) is 4.11. The van der Waals surface area contributed by atoms with E-state index in [2.05, 4.69) is 0 Å². The van der Waals surface area contributed by atoms with Gasteiger partial charge in [-0.05, 0) is 5.92 Å². The van der Waals surface area contributed by atoms with Crippen LogP contribution in [0.1, 0.15) is 34.1 Å². The van der Waals surface area contributed by atoms with Crippen molar-refractivity contribution in [3.05, 3.63) is 0 Å². The van der Waals surface area contributed by atoms with Gasteiger partial charge in [0.1, 0.15) is 0 Å². The van der Waals surface area contributed by atoms with Crippen LogP contribution in [-0.4, -0.2) is 17.7 Å². The van der Waals surface area contributed by atoms with Crippen molar-refractivity contribution in [1.82, 2.24) is 0 Å². The first-order chi connectivity index (χ1) is 6.37. The average Bonchev–Trinajstić information content (AvgIpc) is 1.99. The molecule has 1 saturated heterocycles. The molecule has 1 aliphatic heterocycles. The zero-order valence-corrected chi connectivity index (χ0v) is 8.99. The summed E-state index contributed by atoms with van der Waals surface area (Å²) in [5.41, 5.74) is 0. The Morgan fingerprint density at radius 2 is 1.71 bits per heavy atom. The minimum atomic E-state index is -1.11. The summed E-state index contributed by atoms with van der Waals surface area (Å²) in [6.45, 7) is 6.86. The number of carbonyl (C=O) groups excluding carboxylic acids is 2. The summed E-state index contributed by atoms with van der Waals surface area (Å²) in [7, 11) is 0. The van der Waals surface area contributed by atoms with Crippen LogP contribution in [0.2, 0.25) is 0 Å². The van der Waals surface area contributed by atoms with Gasteiger partial charge in [0.25, 0.3) is 5.79 Å². The van der Waals surface area contributed by atoms with Gasteiger partial charge in [0.2, 0.25) is 0 Å². The van der Waals surface area contributed by atoms with Crippen LogP contribution in [-0.2, 0) is 19.1 Å². The second-order valence-electron chi connectivity index (χ2n) is 4.11. The lowest BCUT2D eigenvalue weighted by molar-refractivity contribution is -0.242. The Hall–Kier alpha value is -1.06. The smallest absolute Gasteiger partial charge is 0.323 e. The number of esters is 2. The molecule has 0 N–H and O–H groups in total. The molecule has 4 nitrogen and oxygen atoms in total. The fraction of sp³-hybridized carbons (Fsp3) is 0.800. The fourth-order valence-corrected chi connectivity index (χ4v) is 1.43. The maximum atomic E-state index is 11.5. The lowest BCUT2D eigenvalue weighted by Gasteiger charge is -2.34. The first-order valence-electron chi connectivity index (χ1n) is 4.83. The lowest BCUT2D eigenvalue weighted by Crippen LogP contribution is -2.48. The number of ether oxygens (including phenoxy) is 2. The molecule has 0 spiro atoms. The predicted octanol–water partition coefficient (Wildman–Crippen LogP) is 1.48. The van der Waals surface area contributed by atoms with Crippen LogP contribution in [0, 0.1) is 11.8 Å². The molecule has 0 aliphatic carbocycles. The molecular weight excluding hydrogens is 184 g/mol. The van der Waals surface area contributed by atoms with Crippen LogP contribution in [0.5, 0.6) is 0 Å². The highest BCUT2D eigenvalue weighted by atomic mass is 16.7. The van der Waals surface area contributed by atoms with E-state index in [1.54, 1.807) is 13.8 Å². The molecule has 1 fully saturated rings. The third-order valence-corrected chi connectivity index (χ3v) is 2.41. The number of cyclic esters (lactones) is 2. The van der Waals surface area contributed by atoms with E-state index in [4.69, 9.17) is 9.47 Å². The van der Waals surface area contributed by atoms with Crippen LogP contribution in [0.3, 0.4) is 0 Å². The lowest BCUT2D eigenvalue weighted by atomic mass is 9.91. The van der Waals surface area contributed by atoms with Gasteiger partial charge in [-0.3, -0.25) is 9.59 Å². The van der Waals surface area contributed by atoms with Crippen LogP contribution < -0.4 is 0 Å². The highest BCUT2D eigenvalue weighted by Gasteiger charge is 2.45. The van der Waals surface area contributed by atoms with E-state index in [0.29, 0.717) is 0 Å². The van der Waals surface area contributed by atoms with Crippen molar-refractivity contribution in [2.24, 2.45) is 11.8 Å². The van der Waals surface area contributed by atoms with E-state index in [0.717, 1.165) is 6.42 Å². The molecule has 1 unspecified atom stereocenters. The molecule has 0 aromatic carbocycles. The number of hydrogen-bond donors (Lipinski definition) is 0. The molecule has 0 aromatic heterocycles. The van der Waals surface area contributed by atoms with Gasteiger partial charge in [-0.15, -0.1) is 0 Å². The molecule has 80 valence electrons. The summed E-state index contributed by atoms with van der Waals surface area (Å²) in [5.74, 6) is -2.85. The average molecular weight is 200 g/mol. The Morgan fingerprint density at radius 1 is 1.29 bits per heavy atom. The molecule has 0 radical (unpaired) electrons. The second kappa shape index (κ2) is 3.59. The van der Waals surface area contributed by atoms with Gasteiger partial charge < -0.3 is 9.47 Å². The summed E-state index contributed by atoms with van der Waals surface area (Å²) >= 11 is 0. The van der Waals surface area contributed by atoms with Crippen molar-refractivity contribution in [2.45, 2.75) is 39.9 Å². The molecule has 14 heavy (non-hydrogen) atoms. The van der Waals surface area contributed by atoms with Gasteiger partial charge in [0.15, 0.2) is 5.92 Å². The summed E-state index contributed by atoms with van der Waals surface area (Å²) < 4.78 is 10.00.